The van der Waals surface area contributed by atoms with Crippen LogP contribution in [0, 0.1) is 0 Å². The highest BCUT2D eigenvalue weighted by Gasteiger charge is 2.29. The van der Waals surface area contributed by atoms with Crippen molar-refractivity contribution in [3.8, 4) is 11.5 Å². The van der Waals surface area contributed by atoms with Crippen LogP contribution in [0.4, 0.5) is 0 Å². The molecule has 1 fully saturated rings. The molecule has 1 aliphatic rings. The predicted molar refractivity (Wildman–Crippen MR) is 95.3 cm³/mol. The number of hydrogen-bond acceptors (Lipinski definition) is 5. The smallest absolute Gasteiger partial charge is 0.254 e. The Bertz CT molecular complexity index is 667. The standard InChI is InChI=1S/C18H25N3O5/c1-12(2)19-16(22)10-20-5-6-21(11-17(20)23)18(24)13-7-14(25-3)9-15(8-13)26-4/h7-9,12H,5-6,10-11H2,1-4H3,(H,19,22). The van der Waals surface area contributed by atoms with Crippen LogP contribution >= 0.6 is 0 Å². The molecule has 0 spiro atoms. The molecule has 1 aromatic rings. The number of rotatable bonds is 6. The van der Waals surface area contributed by atoms with Gasteiger partial charge in [-0.05, 0) is 26.0 Å². The zero-order chi connectivity index (χ0) is 19.3. The Kier molecular flexibility index (Phi) is 6.43. The zero-order valence-electron chi connectivity index (χ0n) is 15.6. The number of nitrogens with zero attached hydrogens (tertiary/aromatic N) is 2. The summed E-state index contributed by atoms with van der Waals surface area (Å²) in [6.07, 6.45) is 0. The fourth-order valence-electron chi connectivity index (χ4n) is 2.70. The van der Waals surface area contributed by atoms with Crippen molar-refractivity contribution in [2.75, 3.05) is 40.4 Å². The number of nitrogens with one attached hydrogen (secondary N) is 1. The molecule has 1 saturated heterocycles. The monoisotopic (exact) mass is 363 g/mol. The lowest BCUT2D eigenvalue weighted by Crippen LogP contribution is -2.54. The number of methoxy groups -OCH3 is 2. The van der Waals surface area contributed by atoms with Gasteiger partial charge in [0.2, 0.25) is 11.8 Å². The maximum atomic E-state index is 12.7. The summed E-state index contributed by atoms with van der Waals surface area (Å²) in [6, 6.07) is 4.91. The van der Waals surface area contributed by atoms with E-state index in [0.29, 0.717) is 30.2 Å². The van der Waals surface area contributed by atoms with E-state index in [0.717, 1.165) is 0 Å². The van der Waals surface area contributed by atoms with Crippen LogP contribution in [0.5, 0.6) is 11.5 Å². The Morgan fingerprint density at radius 2 is 1.73 bits per heavy atom. The molecule has 8 heteroatoms. The van der Waals surface area contributed by atoms with Gasteiger partial charge in [0.25, 0.3) is 5.91 Å². The average molecular weight is 363 g/mol. The number of piperazine rings is 1. The Hall–Kier alpha value is -2.77. The molecule has 0 atom stereocenters. The highest BCUT2D eigenvalue weighted by Crippen LogP contribution is 2.23. The molecule has 1 aromatic carbocycles. The van der Waals surface area contributed by atoms with Crippen molar-refractivity contribution in [2.24, 2.45) is 0 Å². The first-order valence-corrected chi connectivity index (χ1v) is 8.43. The first kappa shape index (κ1) is 19.6. The molecule has 1 aliphatic heterocycles. The van der Waals surface area contributed by atoms with Crippen molar-refractivity contribution >= 4 is 17.7 Å². The fourth-order valence-corrected chi connectivity index (χ4v) is 2.70. The summed E-state index contributed by atoms with van der Waals surface area (Å²) in [7, 11) is 3.01. The summed E-state index contributed by atoms with van der Waals surface area (Å²) in [5, 5.41) is 2.75. The van der Waals surface area contributed by atoms with Crippen molar-refractivity contribution in [3.05, 3.63) is 23.8 Å². The van der Waals surface area contributed by atoms with Crippen LogP contribution in [0.25, 0.3) is 0 Å². The SMILES string of the molecule is COc1cc(OC)cc(C(=O)N2CCN(CC(=O)NC(C)C)C(=O)C2)c1. The molecule has 26 heavy (non-hydrogen) atoms. The van der Waals surface area contributed by atoms with Crippen molar-refractivity contribution in [2.45, 2.75) is 19.9 Å². The number of ether oxygens (including phenoxy) is 2. The molecule has 0 radical (unpaired) electrons. The average Bonchev–Trinajstić information content (AvgIpc) is 2.61. The summed E-state index contributed by atoms with van der Waals surface area (Å²) in [5.41, 5.74) is 0.389. The Morgan fingerprint density at radius 1 is 1.12 bits per heavy atom. The summed E-state index contributed by atoms with van der Waals surface area (Å²) in [5.74, 6) is 0.275. The van der Waals surface area contributed by atoms with Gasteiger partial charge in [-0.3, -0.25) is 14.4 Å². The quantitative estimate of drug-likeness (QED) is 0.796. The van der Waals surface area contributed by atoms with Crippen molar-refractivity contribution < 1.29 is 23.9 Å². The zero-order valence-corrected chi connectivity index (χ0v) is 15.6. The van der Waals surface area contributed by atoms with Crippen molar-refractivity contribution in [1.29, 1.82) is 0 Å². The molecule has 0 aliphatic carbocycles. The minimum absolute atomic E-state index is 0.00598. The van der Waals surface area contributed by atoms with Crippen LogP contribution in [0.2, 0.25) is 0 Å². The first-order valence-electron chi connectivity index (χ1n) is 8.43. The molecule has 0 unspecified atom stereocenters. The Morgan fingerprint density at radius 3 is 2.23 bits per heavy atom. The minimum atomic E-state index is -0.276. The molecule has 0 bridgehead atoms. The van der Waals surface area contributed by atoms with E-state index in [2.05, 4.69) is 5.32 Å². The molecule has 1 heterocycles. The molecular weight excluding hydrogens is 338 g/mol. The molecule has 142 valence electrons. The summed E-state index contributed by atoms with van der Waals surface area (Å²) in [6.45, 7) is 4.34. The van der Waals surface area contributed by atoms with Gasteiger partial charge in [0.05, 0.1) is 20.8 Å². The van der Waals surface area contributed by atoms with Gasteiger partial charge in [-0.1, -0.05) is 0 Å². The van der Waals surface area contributed by atoms with E-state index in [1.807, 2.05) is 13.8 Å². The van der Waals surface area contributed by atoms with E-state index in [4.69, 9.17) is 9.47 Å². The highest BCUT2D eigenvalue weighted by atomic mass is 16.5. The lowest BCUT2D eigenvalue weighted by Gasteiger charge is -2.34. The second-order valence-electron chi connectivity index (χ2n) is 6.37. The van der Waals surface area contributed by atoms with Crippen LogP contribution in [-0.4, -0.2) is 74.0 Å². The van der Waals surface area contributed by atoms with Gasteiger partial charge in [-0.25, -0.2) is 0 Å². The fraction of sp³-hybridized carbons (Fsp3) is 0.500. The third-order valence-electron chi connectivity index (χ3n) is 3.99. The van der Waals surface area contributed by atoms with Crippen LogP contribution in [0.3, 0.4) is 0 Å². The second kappa shape index (κ2) is 8.55. The van der Waals surface area contributed by atoms with Crippen LogP contribution < -0.4 is 14.8 Å². The van der Waals surface area contributed by atoms with E-state index in [9.17, 15) is 14.4 Å². The van der Waals surface area contributed by atoms with Gasteiger partial charge in [0.1, 0.15) is 18.0 Å². The maximum Gasteiger partial charge on any atom is 0.254 e. The van der Waals surface area contributed by atoms with E-state index in [1.165, 1.54) is 24.0 Å². The largest absolute Gasteiger partial charge is 0.497 e. The van der Waals surface area contributed by atoms with Crippen LogP contribution in [0.1, 0.15) is 24.2 Å². The predicted octanol–water partition coefficient (Wildman–Crippen LogP) is 0.513. The third kappa shape index (κ3) is 4.87. The number of carbonyl (C=O) groups is 3. The lowest BCUT2D eigenvalue weighted by molar-refractivity contribution is -0.139. The van der Waals surface area contributed by atoms with Gasteiger partial charge in [-0.2, -0.15) is 0 Å². The van der Waals surface area contributed by atoms with Gasteiger partial charge >= 0.3 is 0 Å². The third-order valence-corrected chi connectivity index (χ3v) is 3.99. The molecule has 3 amide bonds. The number of hydrogen-bond donors (Lipinski definition) is 1. The van der Waals surface area contributed by atoms with Gasteiger partial charge in [0.15, 0.2) is 0 Å². The lowest BCUT2D eigenvalue weighted by atomic mass is 10.1. The summed E-state index contributed by atoms with van der Waals surface area (Å²) < 4.78 is 10.4. The second-order valence-corrected chi connectivity index (χ2v) is 6.37. The van der Waals surface area contributed by atoms with E-state index < -0.39 is 0 Å². The summed E-state index contributed by atoms with van der Waals surface area (Å²) >= 11 is 0. The van der Waals surface area contributed by atoms with Crippen LogP contribution in [0.15, 0.2) is 18.2 Å². The van der Waals surface area contributed by atoms with Crippen molar-refractivity contribution in [3.63, 3.8) is 0 Å². The number of benzene rings is 1. The van der Waals surface area contributed by atoms with Gasteiger partial charge in [-0.15, -0.1) is 0 Å². The normalized spacial score (nSPS) is 14.4. The molecule has 0 saturated carbocycles. The molecular formula is C18H25N3O5. The number of amides is 3. The maximum absolute atomic E-state index is 12.7. The highest BCUT2D eigenvalue weighted by molar-refractivity contribution is 5.98. The van der Waals surface area contributed by atoms with E-state index in [1.54, 1.807) is 18.2 Å². The minimum Gasteiger partial charge on any atom is -0.497 e. The van der Waals surface area contributed by atoms with Crippen molar-refractivity contribution in [1.82, 2.24) is 15.1 Å². The Labute approximate surface area is 153 Å². The topological polar surface area (TPSA) is 88.2 Å². The molecule has 8 nitrogen and oxygen atoms in total. The Balaban J connectivity index is 2.03. The van der Waals surface area contributed by atoms with Gasteiger partial charge < -0.3 is 24.6 Å². The molecule has 0 aromatic heterocycles. The van der Waals surface area contributed by atoms with E-state index >= 15 is 0 Å². The molecule has 2 rings (SSSR count). The number of carbonyl (C=O) groups excluding carboxylic acids is 3. The van der Waals surface area contributed by atoms with Crippen LogP contribution in [-0.2, 0) is 9.59 Å². The van der Waals surface area contributed by atoms with Gasteiger partial charge in [0, 0.05) is 30.8 Å². The van der Waals surface area contributed by atoms with E-state index in [-0.39, 0.29) is 36.9 Å². The first-order chi connectivity index (χ1) is 12.3. The summed E-state index contributed by atoms with van der Waals surface area (Å²) in [4.78, 5) is 39.8. The molecule has 1 N–H and O–H groups in total.